The summed E-state index contributed by atoms with van der Waals surface area (Å²) in [6.45, 7) is 9.53. The number of ether oxygens (including phenoxy) is 3. The van der Waals surface area contributed by atoms with Crippen molar-refractivity contribution in [2.45, 2.75) is 58.7 Å². The molecule has 2 aliphatic heterocycles. The molecule has 1 aromatic rings. The van der Waals surface area contributed by atoms with Crippen molar-refractivity contribution in [2.24, 2.45) is 5.92 Å². The summed E-state index contributed by atoms with van der Waals surface area (Å²) in [7, 11) is 0. The fourth-order valence-corrected chi connectivity index (χ4v) is 3.91. The molecule has 3 atom stereocenters. The van der Waals surface area contributed by atoms with Crippen LogP contribution >= 0.6 is 0 Å². The van der Waals surface area contributed by atoms with Crippen molar-refractivity contribution in [1.29, 1.82) is 0 Å². The van der Waals surface area contributed by atoms with E-state index in [-0.39, 0.29) is 24.1 Å². The fraction of sp³-hybridized carbons (Fsp3) is 0.667. The van der Waals surface area contributed by atoms with Gasteiger partial charge in [0.15, 0.2) is 6.29 Å². The third-order valence-electron chi connectivity index (χ3n) is 5.60. The number of nitrogens with zero attached hydrogens (tertiary/aromatic N) is 1. The molecule has 0 aliphatic carbocycles. The van der Waals surface area contributed by atoms with Crippen molar-refractivity contribution in [3.63, 3.8) is 0 Å². The first-order valence-electron chi connectivity index (χ1n) is 9.97. The predicted octanol–water partition coefficient (Wildman–Crippen LogP) is 4.10. The molecule has 144 valence electrons. The summed E-state index contributed by atoms with van der Waals surface area (Å²) in [4.78, 5) is 14.8. The van der Waals surface area contributed by atoms with Gasteiger partial charge in [0.05, 0.1) is 12.5 Å². The Labute approximate surface area is 156 Å². The monoisotopic (exact) mass is 361 g/mol. The molecule has 3 rings (SSSR count). The normalized spacial score (nSPS) is 25.5. The molecule has 1 aromatic carbocycles. The second-order valence-corrected chi connectivity index (χ2v) is 7.17. The smallest absolute Gasteiger partial charge is 0.315 e. The molecule has 0 saturated carbocycles. The molecular formula is C21H31NO4. The second-order valence-electron chi connectivity index (χ2n) is 7.17. The maximum atomic E-state index is 12.5. The molecule has 0 N–H and O–H groups in total. The van der Waals surface area contributed by atoms with Crippen LogP contribution in [0, 0.1) is 5.92 Å². The minimum atomic E-state index is -0.162. The number of anilines is 1. The van der Waals surface area contributed by atoms with E-state index < -0.39 is 0 Å². The molecule has 5 heteroatoms. The molecule has 0 amide bonds. The molecule has 0 radical (unpaired) electrons. The molecular weight excluding hydrogens is 330 g/mol. The van der Waals surface area contributed by atoms with Crippen molar-refractivity contribution < 1.29 is 19.0 Å². The van der Waals surface area contributed by atoms with Crippen molar-refractivity contribution in [3.8, 4) is 5.75 Å². The van der Waals surface area contributed by atoms with Gasteiger partial charge in [0.25, 0.3) is 0 Å². The van der Waals surface area contributed by atoms with Gasteiger partial charge in [-0.3, -0.25) is 4.79 Å². The predicted molar refractivity (Wildman–Crippen MR) is 102 cm³/mol. The maximum absolute atomic E-state index is 12.5. The first-order valence-corrected chi connectivity index (χ1v) is 9.97. The minimum absolute atomic E-state index is 0.109. The van der Waals surface area contributed by atoms with Gasteiger partial charge in [-0.1, -0.05) is 13.0 Å². The largest absolute Gasteiger partial charge is 0.426 e. The Kier molecular flexibility index (Phi) is 6.54. The summed E-state index contributed by atoms with van der Waals surface area (Å²) in [6.07, 6.45) is 3.76. The summed E-state index contributed by atoms with van der Waals surface area (Å²) < 4.78 is 17.1. The maximum Gasteiger partial charge on any atom is 0.315 e. The van der Waals surface area contributed by atoms with Crippen molar-refractivity contribution in [2.75, 3.05) is 31.2 Å². The Hall–Kier alpha value is -1.59. The number of fused-ring (bicyclic) bond motifs is 1. The summed E-state index contributed by atoms with van der Waals surface area (Å²) in [5.74, 6) is 0.535. The van der Waals surface area contributed by atoms with Crippen LogP contribution in [0.25, 0.3) is 0 Å². The van der Waals surface area contributed by atoms with E-state index in [9.17, 15) is 4.79 Å². The number of benzene rings is 1. The lowest BCUT2D eigenvalue weighted by Gasteiger charge is -2.31. The number of carbonyl (C=O) groups is 1. The van der Waals surface area contributed by atoms with E-state index in [2.05, 4.69) is 37.8 Å². The van der Waals surface area contributed by atoms with Gasteiger partial charge < -0.3 is 19.1 Å². The van der Waals surface area contributed by atoms with Crippen molar-refractivity contribution in [3.05, 3.63) is 23.8 Å². The van der Waals surface area contributed by atoms with Crippen LogP contribution in [0.2, 0.25) is 0 Å². The molecule has 26 heavy (non-hydrogen) atoms. The van der Waals surface area contributed by atoms with Crippen LogP contribution in [-0.2, 0) is 14.3 Å². The second kappa shape index (κ2) is 8.87. The quantitative estimate of drug-likeness (QED) is 0.540. The van der Waals surface area contributed by atoms with Gasteiger partial charge >= 0.3 is 5.97 Å². The zero-order chi connectivity index (χ0) is 18.5. The Morgan fingerprint density at radius 2 is 2.04 bits per heavy atom. The van der Waals surface area contributed by atoms with Crippen LogP contribution in [-0.4, -0.2) is 38.6 Å². The van der Waals surface area contributed by atoms with E-state index in [1.807, 2.05) is 6.07 Å². The summed E-state index contributed by atoms with van der Waals surface area (Å²) >= 11 is 0. The van der Waals surface area contributed by atoms with Gasteiger partial charge in [-0.2, -0.15) is 0 Å². The van der Waals surface area contributed by atoms with Crippen LogP contribution in [0.3, 0.4) is 0 Å². The van der Waals surface area contributed by atoms with Gasteiger partial charge in [0.2, 0.25) is 0 Å². The fourth-order valence-electron chi connectivity index (χ4n) is 3.91. The highest BCUT2D eigenvalue weighted by Gasteiger charge is 2.35. The SMILES string of the molecule is CCN(CC)c1ccc2c(c1)OC(=O)C(CCOC1CCCCO1)C2C. The van der Waals surface area contributed by atoms with Gasteiger partial charge in [-0.15, -0.1) is 0 Å². The van der Waals surface area contributed by atoms with Crippen molar-refractivity contribution >= 4 is 11.7 Å². The molecule has 2 aliphatic rings. The van der Waals surface area contributed by atoms with Gasteiger partial charge in [0, 0.05) is 31.5 Å². The van der Waals surface area contributed by atoms with Gasteiger partial charge in [-0.25, -0.2) is 0 Å². The lowest BCUT2D eigenvalue weighted by molar-refractivity contribution is -0.167. The average Bonchev–Trinajstić information content (AvgIpc) is 2.66. The topological polar surface area (TPSA) is 48.0 Å². The lowest BCUT2D eigenvalue weighted by atomic mass is 9.83. The number of hydrogen-bond acceptors (Lipinski definition) is 5. The molecule has 0 spiro atoms. The summed E-state index contributed by atoms with van der Waals surface area (Å²) in [6, 6.07) is 6.24. The Morgan fingerprint density at radius 3 is 2.73 bits per heavy atom. The van der Waals surface area contributed by atoms with E-state index >= 15 is 0 Å². The van der Waals surface area contributed by atoms with Crippen molar-refractivity contribution in [1.82, 2.24) is 0 Å². The Morgan fingerprint density at radius 1 is 1.23 bits per heavy atom. The van der Waals surface area contributed by atoms with Gasteiger partial charge in [0.1, 0.15) is 5.75 Å². The minimum Gasteiger partial charge on any atom is -0.426 e. The summed E-state index contributed by atoms with van der Waals surface area (Å²) in [5, 5.41) is 0. The number of rotatable bonds is 7. The van der Waals surface area contributed by atoms with E-state index in [4.69, 9.17) is 14.2 Å². The first kappa shape index (κ1) is 19.2. The lowest BCUT2D eigenvalue weighted by Crippen LogP contribution is -2.32. The molecule has 3 unspecified atom stereocenters. The number of carbonyl (C=O) groups excluding carboxylic acids is 1. The van der Waals surface area contributed by atoms with Crippen LogP contribution in [0.1, 0.15) is 57.9 Å². The first-order chi connectivity index (χ1) is 12.6. The molecule has 1 saturated heterocycles. The average molecular weight is 361 g/mol. The van der Waals surface area contributed by atoms with Gasteiger partial charge in [-0.05, 0) is 57.1 Å². The Balaban J connectivity index is 1.63. The number of esters is 1. The van der Waals surface area contributed by atoms with E-state index in [1.54, 1.807) is 0 Å². The third-order valence-corrected chi connectivity index (χ3v) is 5.60. The van der Waals surface area contributed by atoms with E-state index in [0.717, 1.165) is 50.2 Å². The molecule has 0 aromatic heterocycles. The number of hydrogen-bond donors (Lipinski definition) is 0. The zero-order valence-corrected chi connectivity index (χ0v) is 16.2. The molecule has 0 bridgehead atoms. The van der Waals surface area contributed by atoms with Crippen LogP contribution in [0.15, 0.2) is 18.2 Å². The molecule has 1 fully saturated rings. The zero-order valence-electron chi connectivity index (χ0n) is 16.2. The highest BCUT2D eigenvalue weighted by molar-refractivity contribution is 5.80. The highest BCUT2D eigenvalue weighted by Crippen LogP contribution is 2.40. The summed E-state index contributed by atoms with van der Waals surface area (Å²) in [5.41, 5.74) is 2.21. The van der Waals surface area contributed by atoms with E-state index in [1.165, 1.54) is 0 Å². The van der Waals surface area contributed by atoms with Crippen LogP contribution in [0.4, 0.5) is 5.69 Å². The van der Waals surface area contributed by atoms with Crippen LogP contribution in [0.5, 0.6) is 5.75 Å². The Bertz CT molecular complexity index is 608. The van der Waals surface area contributed by atoms with Crippen LogP contribution < -0.4 is 9.64 Å². The molecule has 5 nitrogen and oxygen atoms in total. The van der Waals surface area contributed by atoms with E-state index in [0.29, 0.717) is 18.8 Å². The highest BCUT2D eigenvalue weighted by atomic mass is 16.7. The third kappa shape index (κ3) is 4.21. The molecule has 2 heterocycles. The standard InChI is InChI=1S/C21H31NO4/c1-4-22(5-2)16-9-10-17-15(3)18(21(23)26-19(17)14-16)11-13-25-20-8-6-7-12-24-20/h9-10,14-15,18,20H,4-8,11-13H2,1-3H3.